The van der Waals surface area contributed by atoms with Gasteiger partial charge in [0.15, 0.2) is 6.61 Å². The van der Waals surface area contributed by atoms with Crippen molar-refractivity contribution in [3.05, 3.63) is 81.8 Å². The Morgan fingerprint density at radius 3 is 2.53 bits per heavy atom. The third-order valence-corrected chi connectivity index (χ3v) is 4.95. The van der Waals surface area contributed by atoms with E-state index in [0.29, 0.717) is 33.8 Å². The molecule has 0 atom stereocenters. The molecule has 7 heteroatoms. The summed E-state index contributed by atoms with van der Waals surface area (Å²) in [6.07, 6.45) is 0. The molecule has 0 bridgehead atoms. The number of para-hydroxylation sites is 2. The first-order valence-electron chi connectivity index (χ1n) is 9.30. The number of ether oxygens (including phenoxy) is 2. The van der Waals surface area contributed by atoms with E-state index in [1.165, 1.54) is 0 Å². The van der Waals surface area contributed by atoms with Crippen LogP contribution < -0.4 is 20.1 Å². The first-order valence-corrected chi connectivity index (χ1v) is 10.1. The van der Waals surface area contributed by atoms with Gasteiger partial charge in [-0.05, 0) is 54.4 Å². The number of halogens is 2. The van der Waals surface area contributed by atoms with E-state index in [1.807, 2.05) is 49.4 Å². The standard InChI is InChI=1S/C23H22Cl2N2O3/c1-15-7-9-17(24)12-20(15)26-13-16-8-10-21(18(25)11-16)30-14-23(28)27-19-5-3-4-6-22(19)29-2/h3-12,26H,13-14H2,1-2H3,(H,27,28). The predicted octanol–water partition coefficient (Wildman–Crippen LogP) is 5.94. The van der Waals surface area contributed by atoms with Crippen molar-refractivity contribution in [2.75, 3.05) is 24.4 Å². The highest BCUT2D eigenvalue weighted by atomic mass is 35.5. The minimum Gasteiger partial charge on any atom is -0.495 e. The second-order valence-electron chi connectivity index (χ2n) is 6.61. The first-order chi connectivity index (χ1) is 14.5. The number of methoxy groups -OCH3 is 1. The summed E-state index contributed by atoms with van der Waals surface area (Å²) in [5, 5.41) is 7.21. The van der Waals surface area contributed by atoms with Crippen LogP contribution in [0.3, 0.4) is 0 Å². The third kappa shape index (κ3) is 5.81. The van der Waals surface area contributed by atoms with Crippen molar-refractivity contribution in [1.82, 2.24) is 0 Å². The highest BCUT2D eigenvalue weighted by Gasteiger charge is 2.10. The zero-order valence-electron chi connectivity index (χ0n) is 16.7. The van der Waals surface area contributed by atoms with Gasteiger partial charge >= 0.3 is 0 Å². The Labute approximate surface area is 185 Å². The minimum atomic E-state index is -0.308. The Morgan fingerprint density at radius 2 is 1.77 bits per heavy atom. The number of amides is 1. The van der Waals surface area contributed by atoms with Gasteiger partial charge in [0, 0.05) is 17.3 Å². The van der Waals surface area contributed by atoms with E-state index in [4.69, 9.17) is 32.7 Å². The number of carbonyl (C=O) groups is 1. The summed E-state index contributed by atoms with van der Waals surface area (Å²) in [7, 11) is 1.55. The fourth-order valence-electron chi connectivity index (χ4n) is 2.83. The monoisotopic (exact) mass is 444 g/mol. The average molecular weight is 445 g/mol. The zero-order valence-corrected chi connectivity index (χ0v) is 18.2. The Hall–Kier alpha value is -2.89. The normalized spacial score (nSPS) is 10.4. The van der Waals surface area contributed by atoms with Crippen molar-refractivity contribution in [3.63, 3.8) is 0 Å². The van der Waals surface area contributed by atoms with Gasteiger partial charge in [-0.2, -0.15) is 0 Å². The molecule has 3 aromatic rings. The van der Waals surface area contributed by atoms with Crippen LogP contribution in [0.2, 0.25) is 10.0 Å². The van der Waals surface area contributed by atoms with Gasteiger partial charge in [-0.25, -0.2) is 0 Å². The number of benzene rings is 3. The Kier molecular flexibility index (Phi) is 7.44. The van der Waals surface area contributed by atoms with E-state index < -0.39 is 0 Å². The lowest BCUT2D eigenvalue weighted by Gasteiger charge is -2.13. The SMILES string of the molecule is COc1ccccc1NC(=O)COc1ccc(CNc2cc(Cl)ccc2C)cc1Cl. The number of aryl methyl sites for hydroxylation is 1. The number of nitrogens with one attached hydrogen (secondary N) is 2. The van der Waals surface area contributed by atoms with Crippen LogP contribution in [0.4, 0.5) is 11.4 Å². The molecule has 2 N–H and O–H groups in total. The van der Waals surface area contributed by atoms with Crippen LogP contribution in [0.5, 0.6) is 11.5 Å². The van der Waals surface area contributed by atoms with Gasteiger partial charge < -0.3 is 20.1 Å². The number of anilines is 2. The number of carbonyl (C=O) groups excluding carboxylic acids is 1. The molecule has 3 rings (SSSR count). The molecule has 0 aliphatic rings. The van der Waals surface area contributed by atoms with Gasteiger partial charge in [-0.3, -0.25) is 4.79 Å². The molecule has 156 valence electrons. The van der Waals surface area contributed by atoms with E-state index in [9.17, 15) is 4.79 Å². The Bertz CT molecular complexity index is 1040. The summed E-state index contributed by atoms with van der Waals surface area (Å²) in [4.78, 5) is 12.2. The van der Waals surface area contributed by atoms with Crippen molar-refractivity contribution in [1.29, 1.82) is 0 Å². The van der Waals surface area contributed by atoms with Crippen LogP contribution in [0, 0.1) is 6.92 Å². The summed E-state index contributed by atoms with van der Waals surface area (Å²) in [6.45, 7) is 2.42. The van der Waals surface area contributed by atoms with Crippen molar-refractivity contribution >= 4 is 40.5 Å². The number of hydrogen-bond donors (Lipinski definition) is 2. The van der Waals surface area contributed by atoms with E-state index >= 15 is 0 Å². The van der Waals surface area contributed by atoms with Crippen LogP contribution in [0.25, 0.3) is 0 Å². The summed E-state index contributed by atoms with van der Waals surface area (Å²) >= 11 is 12.4. The summed E-state index contributed by atoms with van der Waals surface area (Å²) in [5.41, 5.74) is 3.63. The maximum Gasteiger partial charge on any atom is 0.262 e. The van der Waals surface area contributed by atoms with Crippen molar-refractivity contribution in [3.8, 4) is 11.5 Å². The van der Waals surface area contributed by atoms with Crippen LogP contribution in [-0.4, -0.2) is 19.6 Å². The molecular formula is C23H22Cl2N2O3. The molecule has 5 nitrogen and oxygen atoms in total. The molecule has 1 amide bonds. The molecule has 0 saturated carbocycles. The highest BCUT2D eigenvalue weighted by molar-refractivity contribution is 6.32. The van der Waals surface area contributed by atoms with E-state index in [2.05, 4.69) is 10.6 Å². The van der Waals surface area contributed by atoms with Crippen molar-refractivity contribution in [2.45, 2.75) is 13.5 Å². The van der Waals surface area contributed by atoms with Crippen LogP contribution >= 0.6 is 23.2 Å². The Morgan fingerprint density at radius 1 is 0.967 bits per heavy atom. The topological polar surface area (TPSA) is 59.6 Å². The van der Waals surface area contributed by atoms with Crippen molar-refractivity contribution in [2.24, 2.45) is 0 Å². The lowest BCUT2D eigenvalue weighted by atomic mass is 10.1. The molecular weight excluding hydrogens is 423 g/mol. The smallest absolute Gasteiger partial charge is 0.262 e. The van der Waals surface area contributed by atoms with Gasteiger partial charge in [-0.15, -0.1) is 0 Å². The quantitative estimate of drug-likeness (QED) is 0.451. The minimum absolute atomic E-state index is 0.170. The summed E-state index contributed by atoms with van der Waals surface area (Å²) in [6, 6.07) is 18.3. The van der Waals surface area contributed by atoms with E-state index in [1.54, 1.807) is 25.3 Å². The molecule has 30 heavy (non-hydrogen) atoms. The molecule has 3 aromatic carbocycles. The van der Waals surface area contributed by atoms with Gasteiger partial charge in [0.05, 0.1) is 17.8 Å². The Balaban J connectivity index is 1.56. The fourth-order valence-corrected chi connectivity index (χ4v) is 3.26. The maximum atomic E-state index is 12.2. The molecule has 0 aliphatic heterocycles. The summed E-state index contributed by atoms with van der Waals surface area (Å²) < 4.78 is 10.8. The zero-order chi connectivity index (χ0) is 21.5. The van der Waals surface area contributed by atoms with Crippen LogP contribution in [0.1, 0.15) is 11.1 Å². The molecule has 0 heterocycles. The van der Waals surface area contributed by atoms with Crippen LogP contribution in [0.15, 0.2) is 60.7 Å². The third-order valence-electron chi connectivity index (χ3n) is 4.42. The lowest BCUT2D eigenvalue weighted by Crippen LogP contribution is -2.20. The van der Waals surface area contributed by atoms with Gasteiger partial charge in [-0.1, -0.05) is 47.5 Å². The molecule has 0 aromatic heterocycles. The number of hydrogen-bond acceptors (Lipinski definition) is 4. The van der Waals surface area contributed by atoms with E-state index in [0.717, 1.165) is 16.8 Å². The second kappa shape index (κ2) is 10.2. The summed E-state index contributed by atoms with van der Waals surface area (Å²) in [5.74, 6) is 0.711. The predicted molar refractivity (Wildman–Crippen MR) is 122 cm³/mol. The van der Waals surface area contributed by atoms with E-state index in [-0.39, 0.29) is 12.5 Å². The molecule has 0 radical (unpaired) electrons. The van der Waals surface area contributed by atoms with Crippen molar-refractivity contribution < 1.29 is 14.3 Å². The number of rotatable bonds is 8. The second-order valence-corrected chi connectivity index (χ2v) is 7.46. The molecule has 0 unspecified atom stereocenters. The molecule has 0 fully saturated rings. The van der Waals surface area contributed by atoms with Gasteiger partial charge in [0.1, 0.15) is 11.5 Å². The maximum absolute atomic E-state index is 12.2. The molecule has 0 spiro atoms. The van der Waals surface area contributed by atoms with Gasteiger partial charge in [0.2, 0.25) is 0 Å². The fraction of sp³-hybridized carbons (Fsp3) is 0.174. The van der Waals surface area contributed by atoms with Gasteiger partial charge in [0.25, 0.3) is 5.91 Å². The molecule has 0 saturated heterocycles. The first kappa shape index (κ1) is 21.8. The highest BCUT2D eigenvalue weighted by Crippen LogP contribution is 2.27. The van der Waals surface area contributed by atoms with Crippen LogP contribution in [-0.2, 0) is 11.3 Å². The average Bonchev–Trinajstić information content (AvgIpc) is 2.74. The largest absolute Gasteiger partial charge is 0.495 e. The lowest BCUT2D eigenvalue weighted by molar-refractivity contribution is -0.118. The molecule has 0 aliphatic carbocycles.